The number of carbonyl (C=O) groups is 1. The highest BCUT2D eigenvalue weighted by atomic mass is 19.3. The van der Waals surface area contributed by atoms with Crippen LogP contribution in [0.25, 0.3) is 0 Å². The highest BCUT2D eigenvalue weighted by Crippen LogP contribution is 2.37. The van der Waals surface area contributed by atoms with Gasteiger partial charge in [0.15, 0.2) is 0 Å². The molecule has 3 unspecified atom stereocenters. The fourth-order valence-corrected chi connectivity index (χ4v) is 2.02. The second kappa shape index (κ2) is 5.08. The van der Waals surface area contributed by atoms with E-state index in [-0.39, 0.29) is 17.8 Å². The molecule has 0 bridgehead atoms. The normalized spacial score (nSPS) is 39.8. The fourth-order valence-electron chi connectivity index (χ4n) is 2.02. The van der Waals surface area contributed by atoms with Crippen LogP contribution in [0.2, 0.25) is 0 Å². The van der Waals surface area contributed by atoms with Gasteiger partial charge in [0, 0.05) is 12.8 Å². The Kier molecular flexibility index (Phi) is 4.24. The number of alkyl halides is 2. The minimum Gasteiger partial charge on any atom is -0.436 e. The molecule has 0 amide bonds. The molecule has 1 aliphatic heterocycles. The van der Waals surface area contributed by atoms with Crippen LogP contribution in [0.4, 0.5) is 8.78 Å². The third-order valence-corrected chi connectivity index (χ3v) is 3.43. The molecule has 0 aromatic heterocycles. The summed E-state index contributed by atoms with van der Waals surface area (Å²) in [4.78, 5) is 10.8. The third-order valence-electron chi connectivity index (χ3n) is 3.43. The van der Waals surface area contributed by atoms with Crippen molar-refractivity contribution >= 4 is 5.97 Å². The van der Waals surface area contributed by atoms with E-state index in [0.29, 0.717) is 0 Å². The number of hydrogen-bond acceptors (Lipinski definition) is 3. The predicted octanol–water partition coefficient (Wildman–Crippen LogP) is 2.45. The van der Waals surface area contributed by atoms with Gasteiger partial charge in [-0.15, -0.1) is 0 Å². The van der Waals surface area contributed by atoms with Crippen LogP contribution in [-0.4, -0.2) is 24.8 Å². The smallest absolute Gasteiger partial charge is 0.304 e. The maximum absolute atomic E-state index is 12.7. The monoisotopic (exact) mass is 236 g/mol. The van der Waals surface area contributed by atoms with Gasteiger partial charge in [-0.25, -0.2) is 8.78 Å². The van der Waals surface area contributed by atoms with Gasteiger partial charge >= 0.3 is 5.97 Å². The van der Waals surface area contributed by atoms with Gasteiger partial charge < -0.3 is 9.47 Å². The van der Waals surface area contributed by atoms with Gasteiger partial charge in [0.1, 0.15) is 6.10 Å². The molecule has 0 saturated carbocycles. The zero-order valence-corrected chi connectivity index (χ0v) is 9.94. The zero-order valence-electron chi connectivity index (χ0n) is 9.94. The lowest BCUT2D eigenvalue weighted by Gasteiger charge is -2.42. The fraction of sp³-hybridized carbons (Fsp3) is 0.909. The van der Waals surface area contributed by atoms with E-state index >= 15 is 0 Å². The van der Waals surface area contributed by atoms with Crippen LogP contribution in [-0.2, 0) is 14.3 Å². The molecule has 0 aromatic rings. The predicted molar refractivity (Wildman–Crippen MR) is 53.9 cm³/mol. The Balaban J connectivity index is 2.76. The van der Waals surface area contributed by atoms with Crippen molar-refractivity contribution < 1.29 is 23.0 Å². The SMILES string of the molecule is CC(=O)OC1OC(C(F)F)[C@@H](C)C(C)[C@@H]1C. The van der Waals surface area contributed by atoms with E-state index < -0.39 is 24.8 Å². The lowest BCUT2D eigenvalue weighted by atomic mass is 9.79. The van der Waals surface area contributed by atoms with Crippen LogP contribution < -0.4 is 0 Å². The first kappa shape index (κ1) is 13.4. The summed E-state index contributed by atoms with van der Waals surface area (Å²) in [5.41, 5.74) is 0. The zero-order chi connectivity index (χ0) is 12.5. The molecule has 5 atom stereocenters. The molecule has 0 radical (unpaired) electrons. The molecule has 1 heterocycles. The van der Waals surface area contributed by atoms with Crippen LogP contribution in [0.15, 0.2) is 0 Å². The quantitative estimate of drug-likeness (QED) is 0.691. The van der Waals surface area contributed by atoms with Crippen molar-refractivity contribution in [1.29, 1.82) is 0 Å². The first-order chi connectivity index (χ1) is 7.34. The van der Waals surface area contributed by atoms with Crippen molar-refractivity contribution in [2.75, 3.05) is 0 Å². The van der Waals surface area contributed by atoms with Gasteiger partial charge in [0.2, 0.25) is 6.29 Å². The maximum Gasteiger partial charge on any atom is 0.304 e. The summed E-state index contributed by atoms with van der Waals surface area (Å²) in [6.45, 7) is 6.71. The summed E-state index contributed by atoms with van der Waals surface area (Å²) in [7, 11) is 0. The minimum atomic E-state index is -2.55. The molecule has 94 valence electrons. The van der Waals surface area contributed by atoms with Crippen molar-refractivity contribution in [1.82, 2.24) is 0 Å². The van der Waals surface area contributed by atoms with Gasteiger partial charge in [0.25, 0.3) is 6.43 Å². The topological polar surface area (TPSA) is 35.5 Å². The molecular formula is C11H18F2O3. The summed E-state index contributed by atoms with van der Waals surface area (Å²) < 4.78 is 35.5. The molecule has 1 rings (SSSR count). The van der Waals surface area contributed by atoms with Crippen molar-refractivity contribution in [3.8, 4) is 0 Å². The molecule has 0 spiro atoms. The number of esters is 1. The highest BCUT2D eigenvalue weighted by molar-refractivity contribution is 5.66. The van der Waals surface area contributed by atoms with Crippen LogP contribution >= 0.6 is 0 Å². The Labute approximate surface area is 94.1 Å². The largest absolute Gasteiger partial charge is 0.436 e. The van der Waals surface area contributed by atoms with Crippen LogP contribution in [0.5, 0.6) is 0 Å². The standard InChI is InChI=1S/C11H18F2O3/c1-5-6(2)9(10(12)13)16-11(7(5)3)15-8(4)14/h5-7,9-11H,1-4H3/t5?,6-,7-,9?,11?/m0/s1. The van der Waals surface area contributed by atoms with Crippen LogP contribution in [0.1, 0.15) is 27.7 Å². The lowest BCUT2D eigenvalue weighted by molar-refractivity contribution is -0.262. The van der Waals surface area contributed by atoms with Gasteiger partial charge in [-0.1, -0.05) is 20.8 Å². The van der Waals surface area contributed by atoms with Crippen molar-refractivity contribution in [3.63, 3.8) is 0 Å². The Morgan fingerprint density at radius 3 is 2.19 bits per heavy atom. The first-order valence-corrected chi connectivity index (χ1v) is 5.45. The number of ether oxygens (including phenoxy) is 2. The van der Waals surface area contributed by atoms with Crippen molar-refractivity contribution in [3.05, 3.63) is 0 Å². The Morgan fingerprint density at radius 1 is 1.19 bits per heavy atom. The van der Waals surface area contributed by atoms with E-state index in [1.165, 1.54) is 6.92 Å². The van der Waals surface area contributed by atoms with Crippen molar-refractivity contribution in [2.24, 2.45) is 17.8 Å². The van der Waals surface area contributed by atoms with E-state index in [0.717, 1.165) is 0 Å². The van der Waals surface area contributed by atoms with Crippen LogP contribution in [0, 0.1) is 17.8 Å². The highest BCUT2D eigenvalue weighted by Gasteiger charge is 2.44. The Hall–Kier alpha value is -0.710. The Morgan fingerprint density at radius 2 is 1.75 bits per heavy atom. The minimum absolute atomic E-state index is 0.0251. The molecule has 5 heteroatoms. The second-order valence-electron chi connectivity index (χ2n) is 4.49. The first-order valence-electron chi connectivity index (χ1n) is 5.45. The van der Waals surface area contributed by atoms with E-state index in [1.807, 2.05) is 13.8 Å². The summed E-state index contributed by atoms with van der Waals surface area (Å²) >= 11 is 0. The third kappa shape index (κ3) is 2.70. The van der Waals surface area contributed by atoms with Gasteiger partial charge in [-0.3, -0.25) is 4.79 Å². The van der Waals surface area contributed by atoms with E-state index in [2.05, 4.69) is 0 Å². The Bertz CT molecular complexity index is 258. The molecule has 1 saturated heterocycles. The average molecular weight is 236 g/mol. The number of rotatable bonds is 2. The molecule has 0 aliphatic carbocycles. The second-order valence-corrected chi connectivity index (χ2v) is 4.49. The summed E-state index contributed by atoms with van der Waals surface area (Å²) in [5.74, 6) is -0.806. The van der Waals surface area contributed by atoms with E-state index in [9.17, 15) is 13.6 Å². The van der Waals surface area contributed by atoms with Gasteiger partial charge in [-0.05, 0) is 11.8 Å². The molecule has 1 aliphatic rings. The lowest BCUT2D eigenvalue weighted by Crippen LogP contribution is -2.49. The number of halogens is 2. The molecule has 3 nitrogen and oxygen atoms in total. The van der Waals surface area contributed by atoms with Crippen molar-refractivity contribution in [2.45, 2.75) is 46.5 Å². The summed E-state index contributed by atoms with van der Waals surface area (Å²) in [6.07, 6.45) is -4.57. The maximum atomic E-state index is 12.7. The average Bonchev–Trinajstić information content (AvgIpc) is 2.18. The van der Waals surface area contributed by atoms with E-state index in [4.69, 9.17) is 9.47 Å². The van der Waals surface area contributed by atoms with Crippen LogP contribution in [0.3, 0.4) is 0 Å². The molecule has 0 N–H and O–H groups in total. The van der Waals surface area contributed by atoms with Gasteiger partial charge in [-0.2, -0.15) is 0 Å². The van der Waals surface area contributed by atoms with E-state index in [1.54, 1.807) is 6.92 Å². The summed E-state index contributed by atoms with van der Waals surface area (Å²) in [5, 5.41) is 0. The van der Waals surface area contributed by atoms with Gasteiger partial charge in [0.05, 0.1) is 0 Å². The molecule has 0 aromatic carbocycles. The number of hydrogen-bond donors (Lipinski definition) is 0. The summed E-state index contributed by atoms with van der Waals surface area (Å²) in [6, 6.07) is 0. The number of carbonyl (C=O) groups excluding carboxylic acids is 1. The molecule has 1 fully saturated rings. The molecule has 16 heavy (non-hydrogen) atoms. The molecular weight excluding hydrogens is 218 g/mol.